The van der Waals surface area contributed by atoms with E-state index in [1.165, 1.54) is 28.4 Å². The fourth-order valence-corrected chi connectivity index (χ4v) is 5.89. The fraction of sp³-hybridized carbons (Fsp3) is 0.375. The molecule has 3 aromatic carbocycles. The highest BCUT2D eigenvalue weighted by atomic mass is 35.5. The molecule has 0 saturated heterocycles. The monoisotopic (exact) mass is 631 g/mol. The number of hydrogen-bond acceptors (Lipinski definition) is 5. The van der Waals surface area contributed by atoms with E-state index in [0.29, 0.717) is 18.0 Å². The van der Waals surface area contributed by atoms with Crippen LogP contribution in [0.3, 0.4) is 0 Å². The van der Waals surface area contributed by atoms with Gasteiger partial charge in [-0.2, -0.15) is 0 Å². The van der Waals surface area contributed by atoms with Gasteiger partial charge in [-0.1, -0.05) is 73.5 Å². The van der Waals surface area contributed by atoms with Gasteiger partial charge in [0.1, 0.15) is 17.6 Å². The lowest BCUT2D eigenvalue weighted by Crippen LogP contribution is -2.50. The quantitative estimate of drug-likeness (QED) is 0.208. The van der Waals surface area contributed by atoms with Gasteiger partial charge in [0.2, 0.25) is 21.8 Å². The highest BCUT2D eigenvalue weighted by molar-refractivity contribution is 7.92. The number of halogens is 2. The Bertz CT molecular complexity index is 1470. The Kier molecular flexibility index (Phi) is 12.8. The summed E-state index contributed by atoms with van der Waals surface area (Å²) in [5.74, 6) is -0.798. The van der Waals surface area contributed by atoms with Crippen molar-refractivity contribution in [2.24, 2.45) is 0 Å². The Hall–Kier alpha value is -3.63. The number of sulfonamides is 1. The number of methoxy groups -OCH3 is 1. The van der Waals surface area contributed by atoms with Crippen LogP contribution in [-0.4, -0.2) is 57.6 Å². The van der Waals surface area contributed by atoms with Crippen molar-refractivity contribution in [1.29, 1.82) is 0 Å². The van der Waals surface area contributed by atoms with Crippen LogP contribution < -0.4 is 14.4 Å². The van der Waals surface area contributed by atoms with Gasteiger partial charge in [-0.3, -0.25) is 13.9 Å². The average Bonchev–Trinajstić information content (AvgIpc) is 2.97. The molecule has 0 radical (unpaired) electrons. The Morgan fingerprint density at radius 1 is 1.02 bits per heavy atom. The third-order valence-electron chi connectivity index (χ3n) is 6.97. The van der Waals surface area contributed by atoms with Gasteiger partial charge >= 0.3 is 0 Å². The number of unbranched alkanes of at least 4 members (excludes halogenated alkanes) is 1. The molecule has 1 N–H and O–H groups in total. The van der Waals surface area contributed by atoms with Crippen LogP contribution >= 0.6 is 11.6 Å². The molecule has 232 valence electrons. The SMILES string of the molecule is CCCCNC(=O)C(Cc1ccccc1)N(Cc1ccccc1F)C(=O)CCCN(c1ccc(OC)c(Cl)c1)S(C)(=O)=O. The molecule has 0 fully saturated rings. The molecule has 1 atom stereocenters. The normalized spacial score (nSPS) is 11.9. The van der Waals surface area contributed by atoms with Crippen molar-refractivity contribution in [3.8, 4) is 5.75 Å². The summed E-state index contributed by atoms with van der Waals surface area (Å²) < 4.78 is 46.5. The number of carbonyl (C=O) groups excluding carboxylic acids is 2. The van der Waals surface area contributed by atoms with Gasteiger partial charge in [0.25, 0.3) is 0 Å². The molecular formula is C32H39ClFN3O5S. The van der Waals surface area contributed by atoms with Crippen molar-refractivity contribution in [3.05, 3.63) is 94.8 Å². The van der Waals surface area contributed by atoms with Crippen molar-refractivity contribution >= 4 is 39.1 Å². The lowest BCUT2D eigenvalue weighted by molar-refractivity contribution is -0.141. The molecule has 1 unspecified atom stereocenters. The van der Waals surface area contributed by atoms with Gasteiger partial charge < -0.3 is 15.0 Å². The van der Waals surface area contributed by atoms with Crippen LogP contribution in [0.5, 0.6) is 5.75 Å². The average molecular weight is 632 g/mol. The molecule has 3 aromatic rings. The van der Waals surface area contributed by atoms with E-state index in [1.807, 2.05) is 37.3 Å². The molecule has 2 amide bonds. The van der Waals surface area contributed by atoms with Crippen LogP contribution in [0.4, 0.5) is 10.1 Å². The fourth-order valence-electron chi connectivity index (χ4n) is 4.68. The molecule has 0 aliphatic heterocycles. The zero-order valence-electron chi connectivity index (χ0n) is 24.8. The molecule has 3 rings (SSSR count). The summed E-state index contributed by atoms with van der Waals surface area (Å²) in [4.78, 5) is 28.8. The molecule has 0 heterocycles. The number of rotatable bonds is 16. The standard InChI is InChI=1S/C32H39ClFN3O5S/c1-4-5-19-35-32(39)29(21-24-12-7-6-8-13-24)36(23-25-14-9-10-15-28(25)34)31(38)16-11-20-37(43(3,40)41)26-17-18-30(42-2)27(33)22-26/h6-10,12-15,17-18,22,29H,4-5,11,16,19-21,23H2,1-3H3,(H,35,39). The van der Waals surface area contributed by atoms with Gasteiger partial charge in [0.05, 0.1) is 24.1 Å². The Morgan fingerprint density at radius 2 is 1.72 bits per heavy atom. The largest absolute Gasteiger partial charge is 0.495 e. The predicted octanol–water partition coefficient (Wildman–Crippen LogP) is 5.59. The maximum atomic E-state index is 14.8. The van der Waals surface area contributed by atoms with Crippen LogP contribution in [0.2, 0.25) is 5.02 Å². The number of nitrogens with one attached hydrogen (secondary N) is 1. The van der Waals surface area contributed by atoms with Gasteiger partial charge in [-0.15, -0.1) is 0 Å². The molecule has 0 saturated carbocycles. The van der Waals surface area contributed by atoms with Crippen molar-refractivity contribution in [2.45, 2.75) is 51.6 Å². The second-order valence-electron chi connectivity index (χ2n) is 10.2. The predicted molar refractivity (Wildman–Crippen MR) is 168 cm³/mol. The number of benzene rings is 3. The zero-order chi connectivity index (χ0) is 31.4. The van der Waals surface area contributed by atoms with Crippen LogP contribution in [0, 0.1) is 5.82 Å². The molecule has 0 aliphatic carbocycles. The first-order valence-corrected chi connectivity index (χ1v) is 16.4. The summed E-state index contributed by atoms with van der Waals surface area (Å²) in [5, 5.41) is 3.18. The van der Waals surface area contributed by atoms with E-state index in [1.54, 1.807) is 30.3 Å². The number of nitrogens with zero attached hydrogens (tertiary/aromatic N) is 2. The third kappa shape index (κ3) is 9.96. The lowest BCUT2D eigenvalue weighted by atomic mass is 10.0. The number of amides is 2. The van der Waals surface area contributed by atoms with Crippen molar-refractivity contribution in [1.82, 2.24) is 10.2 Å². The first kappa shape index (κ1) is 33.9. The molecule has 0 spiro atoms. The van der Waals surface area contributed by atoms with Gasteiger partial charge in [0.15, 0.2) is 0 Å². The molecule has 0 bridgehead atoms. The van der Waals surface area contributed by atoms with Gasteiger partial charge in [-0.25, -0.2) is 12.8 Å². The zero-order valence-corrected chi connectivity index (χ0v) is 26.3. The topological polar surface area (TPSA) is 96.0 Å². The molecule has 0 aliphatic rings. The van der Waals surface area contributed by atoms with Crippen molar-refractivity contribution in [2.75, 3.05) is 30.8 Å². The minimum Gasteiger partial charge on any atom is -0.495 e. The van der Waals surface area contributed by atoms with E-state index in [2.05, 4.69) is 5.32 Å². The van der Waals surface area contributed by atoms with Gasteiger partial charge in [-0.05, 0) is 42.7 Å². The van der Waals surface area contributed by atoms with E-state index in [-0.39, 0.29) is 48.8 Å². The Morgan fingerprint density at radius 3 is 2.35 bits per heavy atom. The number of hydrogen-bond donors (Lipinski definition) is 1. The van der Waals surface area contributed by atoms with E-state index in [9.17, 15) is 22.4 Å². The second-order valence-corrected chi connectivity index (χ2v) is 12.5. The van der Waals surface area contributed by atoms with Crippen LogP contribution in [0.25, 0.3) is 0 Å². The van der Waals surface area contributed by atoms with E-state index in [4.69, 9.17) is 16.3 Å². The molecule has 43 heavy (non-hydrogen) atoms. The maximum absolute atomic E-state index is 14.8. The smallest absolute Gasteiger partial charge is 0.243 e. The van der Waals surface area contributed by atoms with Crippen LogP contribution in [0.15, 0.2) is 72.8 Å². The Labute approximate surface area is 258 Å². The Balaban J connectivity index is 1.88. The van der Waals surface area contributed by atoms with Crippen LogP contribution in [-0.2, 0) is 32.6 Å². The highest BCUT2D eigenvalue weighted by Gasteiger charge is 2.31. The highest BCUT2D eigenvalue weighted by Crippen LogP contribution is 2.30. The van der Waals surface area contributed by atoms with E-state index in [0.717, 1.165) is 24.7 Å². The van der Waals surface area contributed by atoms with Crippen LogP contribution in [0.1, 0.15) is 43.7 Å². The first-order chi connectivity index (χ1) is 20.5. The minimum absolute atomic E-state index is 0.00713. The lowest BCUT2D eigenvalue weighted by Gasteiger charge is -2.32. The van der Waals surface area contributed by atoms with E-state index < -0.39 is 27.8 Å². The summed E-state index contributed by atoms with van der Waals surface area (Å²) in [6, 6.07) is 19.2. The summed E-state index contributed by atoms with van der Waals surface area (Å²) in [7, 11) is -2.25. The molecule has 8 nitrogen and oxygen atoms in total. The number of ether oxygens (including phenoxy) is 1. The number of carbonyl (C=O) groups is 2. The first-order valence-electron chi connectivity index (χ1n) is 14.2. The second kappa shape index (κ2) is 16.3. The minimum atomic E-state index is -3.71. The summed E-state index contributed by atoms with van der Waals surface area (Å²) in [6.45, 7) is 2.35. The molecule has 11 heteroatoms. The van der Waals surface area contributed by atoms with Gasteiger partial charge in [0, 0.05) is 38.0 Å². The van der Waals surface area contributed by atoms with Crippen molar-refractivity contribution in [3.63, 3.8) is 0 Å². The summed E-state index contributed by atoms with van der Waals surface area (Å²) in [5.41, 5.74) is 1.46. The third-order valence-corrected chi connectivity index (χ3v) is 8.46. The molecule has 0 aromatic heterocycles. The maximum Gasteiger partial charge on any atom is 0.243 e. The number of anilines is 1. The van der Waals surface area contributed by atoms with E-state index >= 15 is 0 Å². The summed E-state index contributed by atoms with van der Waals surface area (Å²) >= 11 is 6.24. The summed E-state index contributed by atoms with van der Waals surface area (Å²) in [6.07, 6.45) is 3.06. The molecular weight excluding hydrogens is 593 g/mol. The van der Waals surface area contributed by atoms with Crippen molar-refractivity contribution < 1.29 is 27.1 Å².